The van der Waals surface area contributed by atoms with Crippen LogP contribution in [-0.2, 0) is 10.9 Å². The normalized spacial score (nSPS) is 11.9. The molecule has 4 nitrogen and oxygen atoms in total. The molecule has 1 N–H and O–H groups in total. The topological polar surface area (TPSA) is 47.6 Å². The van der Waals surface area contributed by atoms with E-state index in [0.29, 0.717) is 0 Å². The highest BCUT2D eigenvalue weighted by molar-refractivity contribution is 9.10. The molecule has 0 atom stereocenters. The standard InChI is InChI=1S/C18H16BrF4NO3/c1-17(2,3)27-16(25)24-14-11(19)9-8-10(18(21,22)23)15(14)26-13-7-5-4-6-12(13)20/h4-9H,1-3H3,(H,24,25). The molecule has 0 spiro atoms. The third kappa shape index (κ3) is 5.59. The van der Waals surface area contributed by atoms with Crippen molar-refractivity contribution in [3.05, 3.63) is 52.3 Å². The molecule has 0 saturated carbocycles. The average molecular weight is 450 g/mol. The summed E-state index contributed by atoms with van der Waals surface area (Å²) in [6, 6.07) is 6.86. The number of anilines is 1. The van der Waals surface area contributed by atoms with Crippen LogP contribution in [0, 0.1) is 5.82 Å². The summed E-state index contributed by atoms with van der Waals surface area (Å²) in [4.78, 5) is 12.0. The van der Waals surface area contributed by atoms with E-state index in [1.807, 2.05) is 0 Å². The summed E-state index contributed by atoms with van der Waals surface area (Å²) in [6.45, 7) is 4.81. The summed E-state index contributed by atoms with van der Waals surface area (Å²) in [6.07, 6.45) is -5.79. The quantitative estimate of drug-likeness (QED) is 0.527. The maximum absolute atomic E-state index is 13.9. The van der Waals surface area contributed by atoms with Gasteiger partial charge in [0.25, 0.3) is 0 Å². The zero-order valence-electron chi connectivity index (χ0n) is 14.6. The molecule has 0 bridgehead atoms. The third-order valence-corrected chi connectivity index (χ3v) is 3.75. The Hall–Kier alpha value is -2.29. The number of carbonyl (C=O) groups is 1. The van der Waals surface area contributed by atoms with Crippen molar-refractivity contribution in [2.24, 2.45) is 0 Å². The van der Waals surface area contributed by atoms with Crippen LogP contribution in [-0.4, -0.2) is 11.7 Å². The molecule has 146 valence electrons. The number of carbonyl (C=O) groups excluding carboxylic acids is 1. The number of nitrogens with one attached hydrogen (secondary N) is 1. The maximum atomic E-state index is 13.9. The van der Waals surface area contributed by atoms with Crippen LogP contribution >= 0.6 is 15.9 Å². The number of alkyl halides is 3. The molecule has 2 aromatic rings. The number of rotatable bonds is 3. The van der Waals surface area contributed by atoms with Gasteiger partial charge in [-0.2, -0.15) is 13.2 Å². The highest BCUT2D eigenvalue weighted by atomic mass is 79.9. The summed E-state index contributed by atoms with van der Waals surface area (Å²) in [5.74, 6) is -2.03. The fraction of sp³-hybridized carbons (Fsp3) is 0.278. The van der Waals surface area contributed by atoms with E-state index in [9.17, 15) is 22.4 Å². The van der Waals surface area contributed by atoms with Crippen LogP contribution in [0.3, 0.4) is 0 Å². The van der Waals surface area contributed by atoms with Crippen molar-refractivity contribution in [3.63, 3.8) is 0 Å². The van der Waals surface area contributed by atoms with Crippen molar-refractivity contribution in [3.8, 4) is 11.5 Å². The molecule has 9 heteroatoms. The average Bonchev–Trinajstić information content (AvgIpc) is 2.50. The minimum Gasteiger partial charge on any atom is -0.451 e. The van der Waals surface area contributed by atoms with Crippen LogP contribution in [0.2, 0.25) is 0 Å². The molecule has 27 heavy (non-hydrogen) atoms. The van der Waals surface area contributed by atoms with E-state index in [1.165, 1.54) is 18.2 Å². The monoisotopic (exact) mass is 449 g/mol. The first kappa shape index (κ1) is 21.0. The smallest absolute Gasteiger partial charge is 0.420 e. The Morgan fingerprint density at radius 2 is 1.70 bits per heavy atom. The van der Waals surface area contributed by atoms with Gasteiger partial charge < -0.3 is 9.47 Å². The predicted octanol–water partition coefficient (Wildman–Crippen LogP) is 6.75. The van der Waals surface area contributed by atoms with Crippen molar-refractivity contribution in [1.29, 1.82) is 0 Å². The predicted molar refractivity (Wildman–Crippen MR) is 95.5 cm³/mol. The maximum Gasteiger partial charge on any atom is 0.420 e. The zero-order chi connectivity index (χ0) is 20.4. The fourth-order valence-electron chi connectivity index (χ4n) is 2.05. The van der Waals surface area contributed by atoms with Gasteiger partial charge in [0.2, 0.25) is 0 Å². The molecule has 0 aromatic heterocycles. The summed E-state index contributed by atoms with van der Waals surface area (Å²) in [5.41, 5.74) is -2.38. The van der Waals surface area contributed by atoms with Gasteiger partial charge >= 0.3 is 12.3 Å². The molecule has 2 aromatic carbocycles. The Morgan fingerprint density at radius 1 is 1.07 bits per heavy atom. The second-order valence-corrected chi connectivity index (χ2v) is 7.31. The lowest BCUT2D eigenvalue weighted by molar-refractivity contribution is -0.138. The van der Waals surface area contributed by atoms with Gasteiger partial charge in [-0.05, 0) is 61.0 Å². The Kier molecular flexibility index (Phi) is 6.04. The summed E-state index contributed by atoms with van der Waals surface area (Å²) >= 11 is 3.08. The number of hydrogen-bond acceptors (Lipinski definition) is 3. The molecule has 0 radical (unpaired) electrons. The number of hydrogen-bond donors (Lipinski definition) is 1. The van der Waals surface area contributed by atoms with Crippen molar-refractivity contribution in [2.45, 2.75) is 32.5 Å². The minimum atomic E-state index is -4.80. The molecule has 0 aliphatic rings. The first-order chi connectivity index (χ1) is 12.4. The van der Waals surface area contributed by atoms with Crippen molar-refractivity contribution < 1.29 is 31.8 Å². The molecule has 1 amide bonds. The summed E-state index contributed by atoms with van der Waals surface area (Å²) in [5, 5.41) is 2.23. The van der Waals surface area contributed by atoms with Crippen LogP contribution in [0.15, 0.2) is 40.9 Å². The van der Waals surface area contributed by atoms with Gasteiger partial charge in [0.15, 0.2) is 17.3 Å². The van der Waals surface area contributed by atoms with Crippen LogP contribution in [0.25, 0.3) is 0 Å². The Bertz CT molecular complexity index is 847. The lowest BCUT2D eigenvalue weighted by Gasteiger charge is -2.22. The van der Waals surface area contributed by atoms with E-state index >= 15 is 0 Å². The molecule has 0 heterocycles. The zero-order valence-corrected chi connectivity index (χ0v) is 16.2. The van der Waals surface area contributed by atoms with Gasteiger partial charge in [-0.3, -0.25) is 5.32 Å². The van der Waals surface area contributed by atoms with E-state index in [1.54, 1.807) is 20.8 Å². The number of halogens is 5. The van der Waals surface area contributed by atoms with E-state index in [2.05, 4.69) is 21.2 Å². The summed E-state index contributed by atoms with van der Waals surface area (Å²) < 4.78 is 64.6. The largest absolute Gasteiger partial charge is 0.451 e. The van der Waals surface area contributed by atoms with E-state index < -0.39 is 40.8 Å². The van der Waals surface area contributed by atoms with Gasteiger partial charge in [0, 0.05) is 4.47 Å². The van der Waals surface area contributed by atoms with Crippen molar-refractivity contribution in [1.82, 2.24) is 0 Å². The highest BCUT2D eigenvalue weighted by Gasteiger charge is 2.37. The first-order valence-corrected chi connectivity index (χ1v) is 8.50. The lowest BCUT2D eigenvalue weighted by atomic mass is 10.1. The van der Waals surface area contributed by atoms with Crippen LogP contribution in [0.5, 0.6) is 11.5 Å². The Morgan fingerprint density at radius 3 is 2.26 bits per heavy atom. The van der Waals surface area contributed by atoms with Crippen molar-refractivity contribution in [2.75, 3.05) is 5.32 Å². The molecule has 0 aliphatic heterocycles. The molecular formula is C18H16BrF4NO3. The summed E-state index contributed by atoms with van der Waals surface area (Å²) in [7, 11) is 0. The van der Waals surface area contributed by atoms with Crippen molar-refractivity contribution >= 4 is 27.7 Å². The third-order valence-electron chi connectivity index (χ3n) is 3.09. The second kappa shape index (κ2) is 7.75. The van der Waals surface area contributed by atoms with E-state index in [-0.39, 0.29) is 10.2 Å². The van der Waals surface area contributed by atoms with Crippen LogP contribution < -0.4 is 10.1 Å². The van der Waals surface area contributed by atoms with Gasteiger partial charge in [0.05, 0.1) is 0 Å². The van der Waals surface area contributed by atoms with E-state index in [0.717, 1.165) is 18.2 Å². The second-order valence-electron chi connectivity index (χ2n) is 6.46. The minimum absolute atomic E-state index is 0.104. The number of benzene rings is 2. The molecule has 2 rings (SSSR count). The SMILES string of the molecule is CC(C)(C)OC(=O)Nc1c(Br)ccc(C(F)(F)F)c1Oc1ccccc1F. The van der Waals surface area contributed by atoms with Crippen LogP contribution in [0.4, 0.5) is 28.0 Å². The van der Waals surface area contributed by atoms with E-state index in [4.69, 9.17) is 9.47 Å². The van der Waals surface area contributed by atoms with Gasteiger partial charge in [-0.1, -0.05) is 12.1 Å². The Balaban J connectivity index is 2.54. The van der Waals surface area contributed by atoms with Gasteiger partial charge in [0.1, 0.15) is 16.9 Å². The van der Waals surface area contributed by atoms with Gasteiger partial charge in [-0.25, -0.2) is 9.18 Å². The number of ether oxygens (including phenoxy) is 2. The number of para-hydroxylation sites is 1. The highest BCUT2D eigenvalue weighted by Crippen LogP contribution is 2.46. The molecular weight excluding hydrogens is 434 g/mol. The molecule has 0 aliphatic carbocycles. The molecule has 0 fully saturated rings. The molecule has 0 saturated heterocycles. The Labute approximate surface area is 161 Å². The lowest BCUT2D eigenvalue weighted by Crippen LogP contribution is -2.27. The first-order valence-electron chi connectivity index (χ1n) is 7.70. The van der Waals surface area contributed by atoms with Gasteiger partial charge in [-0.15, -0.1) is 0 Å². The molecule has 0 unspecified atom stereocenters. The fourth-order valence-corrected chi connectivity index (χ4v) is 2.46. The number of amides is 1. The van der Waals surface area contributed by atoms with Crippen LogP contribution in [0.1, 0.15) is 26.3 Å².